The van der Waals surface area contributed by atoms with Gasteiger partial charge in [0, 0.05) is 24.0 Å². The molecule has 1 atom stereocenters. The van der Waals surface area contributed by atoms with Crippen LogP contribution in [0.15, 0.2) is 36.8 Å². The summed E-state index contributed by atoms with van der Waals surface area (Å²) in [6, 6.07) is 6.31. The molecule has 1 aliphatic rings. The van der Waals surface area contributed by atoms with E-state index in [0.29, 0.717) is 11.8 Å². The van der Waals surface area contributed by atoms with Crippen molar-refractivity contribution in [1.82, 2.24) is 15.3 Å². The molecule has 0 aliphatic carbocycles. The molecule has 1 saturated heterocycles. The molecular weight excluding hydrogens is 262 g/mol. The number of hydrogen-bond donors (Lipinski definition) is 2. The summed E-state index contributed by atoms with van der Waals surface area (Å²) in [7, 11) is 0. The summed E-state index contributed by atoms with van der Waals surface area (Å²) in [5.41, 5.74) is 2.88. The maximum atomic E-state index is 9.93. The normalized spacial score (nSPS) is 18.6. The predicted molar refractivity (Wildman–Crippen MR) is 83.1 cm³/mol. The van der Waals surface area contributed by atoms with Crippen LogP contribution in [0.2, 0.25) is 0 Å². The summed E-state index contributed by atoms with van der Waals surface area (Å²) in [5, 5.41) is 13.5. The molecule has 1 aliphatic heterocycles. The molecule has 1 aromatic heterocycles. The Balaban J connectivity index is 1.72. The average Bonchev–Trinajstić information content (AvgIpc) is 2.54. The number of aromatic nitrogens is 2. The Morgan fingerprint density at radius 2 is 2.14 bits per heavy atom. The number of hydrogen-bond acceptors (Lipinski definition) is 4. The van der Waals surface area contributed by atoms with Gasteiger partial charge in [0.25, 0.3) is 0 Å². The SMILES string of the molecule is Oc1cc(CCC2CCCCN2)cc(-c2cnccn2)c1. The van der Waals surface area contributed by atoms with Crippen molar-refractivity contribution in [1.29, 1.82) is 0 Å². The summed E-state index contributed by atoms with van der Waals surface area (Å²) in [6.07, 6.45) is 11.0. The fourth-order valence-electron chi connectivity index (χ4n) is 2.93. The number of phenols is 1. The Kier molecular flexibility index (Phi) is 4.46. The predicted octanol–water partition coefficient (Wildman–Crippen LogP) is 2.92. The van der Waals surface area contributed by atoms with E-state index in [2.05, 4.69) is 21.4 Å². The van der Waals surface area contributed by atoms with E-state index in [1.807, 2.05) is 6.07 Å². The number of rotatable bonds is 4. The summed E-state index contributed by atoms with van der Waals surface area (Å²) in [5.74, 6) is 0.296. The van der Waals surface area contributed by atoms with Crippen molar-refractivity contribution in [2.45, 2.75) is 38.1 Å². The largest absolute Gasteiger partial charge is 0.508 e. The standard InChI is InChI=1S/C17H21N3O/c21-16-10-13(4-5-15-3-1-2-6-19-15)9-14(11-16)17-12-18-7-8-20-17/h7-12,15,19,21H,1-6H2. The highest BCUT2D eigenvalue weighted by Gasteiger charge is 2.13. The number of benzene rings is 1. The van der Waals surface area contributed by atoms with Crippen LogP contribution in [-0.4, -0.2) is 27.7 Å². The Labute approximate surface area is 125 Å². The quantitative estimate of drug-likeness (QED) is 0.906. The zero-order chi connectivity index (χ0) is 14.5. The molecule has 21 heavy (non-hydrogen) atoms. The van der Waals surface area contributed by atoms with Crippen molar-refractivity contribution >= 4 is 0 Å². The van der Waals surface area contributed by atoms with Crippen LogP contribution in [0.3, 0.4) is 0 Å². The molecule has 1 fully saturated rings. The topological polar surface area (TPSA) is 58.0 Å². The zero-order valence-corrected chi connectivity index (χ0v) is 12.1. The maximum absolute atomic E-state index is 9.93. The van der Waals surface area contributed by atoms with Crippen LogP contribution in [0.4, 0.5) is 0 Å². The molecule has 3 rings (SSSR count). The maximum Gasteiger partial charge on any atom is 0.116 e. The van der Waals surface area contributed by atoms with E-state index in [4.69, 9.17) is 0 Å². The van der Waals surface area contributed by atoms with Crippen LogP contribution in [0.1, 0.15) is 31.2 Å². The Morgan fingerprint density at radius 3 is 2.90 bits per heavy atom. The first-order chi connectivity index (χ1) is 10.3. The Bertz CT molecular complexity index is 580. The minimum absolute atomic E-state index is 0.296. The summed E-state index contributed by atoms with van der Waals surface area (Å²) in [6.45, 7) is 1.13. The number of phenolic OH excluding ortho intramolecular Hbond substituents is 1. The van der Waals surface area contributed by atoms with E-state index in [9.17, 15) is 5.11 Å². The molecule has 2 aromatic rings. The third kappa shape index (κ3) is 3.79. The highest BCUT2D eigenvalue weighted by molar-refractivity contribution is 5.61. The molecule has 2 N–H and O–H groups in total. The third-order valence-electron chi connectivity index (χ3n) is 4.03. The first-order valence-electron chi connectivity index (χ1n) is 7.64. The molecule has 0 amide bonds. The Morgan fingerprint density at radius 1 is 1.19 bits per heavy atom. The highest BCUT2D eigenvalue weighted by Crippen LogP contribution is 2.25. The smallest absolute Gasteiger partial charge is 0.116 e. The van der Waals surface area contributed by atoms with Gasteiger partial charge in [-0.1, -0.05) is 6.42 Å². The van der Waals surface area contributed by atoms with Crippen LogP contribution < -0.4 is 5.32 Å². The van der Waals surface area contributed by atoms with Crippen molar-refractivity contribution in [3.8, 4) is 17.0 Å². The van der Waals surface area contributed by atoms with Crippen LogP contribution in [0.25, 0.3) is 11.3 Å². The monoisotopic (exact) mass is 283 g/mol. The van der Waals surface area contributed by atoms with E-state index in [1.165, 1.54) is 19.3 Å². The molecule has 1 unspecified atom stereocenters. The van der Waals surface area contributed by atoms with Crippen molar-refractivity contribution in [2.24, 2.45) is 0 Å². The fraction of sp³-hybridized carbons (Fsp3) is 0.412. The minimum Gasteiger partial charge on any atom is -0.508 e. The van der Waals surface area contributed by atoms with Gasteiger partial charge < -0.3 is 10.4 Å². The molecule has 110 valence electrons. The molecule has 0 radical (unpaired) electrons. The number of piperidine rings is 1. The van der Waals surface area contributed by atoms with Crippen LogP contribution >= 0.6 is 0 Å². The molecule has 4 nitrogen and oxygen atoms in total. The summed E-state index contributed by atoms with van der Waals surface area (Å²) in [4.78, 5) is 8.38. The number of nitrogens with zero attached hydrogens (tertiary/aromatic N) is 2. The number of aromatic hydroxyl groups is 1. The first kappa shape index (κ1) is 14.0. The summed E-state index contributed by atoms with van der Waals surface area (Å²) < 4.78 is 0. The van der Waals surface area contributed by atoms with Gasteiger partial charge in [-0.25, -0.2) is 0 Å². The summed E-state index contributed by atoms with van der Waals surface area (Å²) >= 11 is 0. The van der Waals surface area contributed by atoms with E-state index in [1.54, 1.807) is 24.7 Å². The molecule has 0 saturated carbocycles. The molecular formula is C17H21N3O. The lowest BCUT2D eigenvalue weighted by Gasteiger charge is -2.23. The van der Waals surface area contributed by atoms with Crippen molar-refractivity contribution < 1.29 is 5.11 Å². The molecule has 0 spiro atoms. The van der Waals surface area contributed by atoms with Gasteiger partial charge in [-0.2, -0.15) is 0 Å². The van der Waals surface area contributed by atoms with Crippen molar-refractivity contribution in [2.75, 3.05) is 6.54 Å². The van der Waals surface area contributed by atoms with Gasteiger partial charge in [-0.3, -0.25) is 9.97 Å². The van der Waals surface area contributed by atoms with Gasteiger partial charge in [0.15, 0.2) is 0 Å². The van der Waals surface area contributed by atoms with E-state index in [-0.39, 0.29) is 0 Å². The molecule has 1 aromatic carbocycles. The van der Waals surface area contributed by atoms with Gasteiger partial charge in [-0.05, 0) is 56.0 Å². The average molecular weight is 283 g/mol. The van der Waals surface area contributed by atoms with Gasteiger partial charge in [0.1, 0.15) is 5.75 Å². The first-order valence-corrected chi connectivity index (χ1v) is 7.64. The minimum atomic E-state index is 0.296. The van der Waals surface area contributed by atoms with Crippen LogP contribution in [0.5, 0.6) is 5.75 Å². The van der Waals surface area contributed by atoms with E-state index < -0.39 is 0 Å². The fourth-order valence-corrected chi connectivity index (χ4v) is 2.93. The molecule has 4 heteroatoms. The van der Waals surface area contributed by atoms with Crippen molar-refractivity contribution in [3.63, 3.8) is 0 Å². The second-order valence-corrected chi connectivity index (χ2v) is 5.66. The van der Waals surface area contributed by atoms with Crippen molar-refractivity contribution in [3.05, 3.63) is 42.4 Å². The van der Waals surface area contributed by atoms with Crippen LogP contribution in [-0.2, 0) is 6.42 Å². The van der Waals surface area contributed by atoms with Crippen LogP contribution in [0, 0.1) is 0 Å². The molecule has 0 bridgehead atoms. The number of nitrogens with one attached hydrogen (secondary N) is 1. The van der Waals surface area contributed by atoms with E-state index in [0.717, 1.165) is 36.2 Å². The third-order valence-corrected chi connectivity index (χ3v) is 4.03. The lowest BCUT2D eigenvalue weighted by atomic mass is 9.97. The zero-order valence-electron chi connectivity index (χ0n) is 12.1. The molecule has 2 heterocycles. The lowest BCUT2D eigenvalue weighted by Crippen LogP contribution is -2.34. The van der Waals surface area contributed by atoms with Gasteiger partial charge in [-0.15, -0.1) is 0 Å². The lowest BCUT2D eigenvalue weighted by molar-refractivity contribution is 0.382. The highest BCUT2D eigenvalue weighted by atomic mass is 16.3. The van der Waals surface area contributed by atoms with E-state index >= 15 is 0 Å². The second-order valence-electron chi connectivity index (χ2n) is 5.66. The van der Waals surface area contributed by atoms with Gasteiger partial charge in [0.2, 0.25) is 0 Å². The second kappa shape index (κ2) is 6.68. The Hall–Kier alpha value is -1.94. The van der Waals surface area contributed by atoms with Gasteiger partial charge >= 0.3 is 0 Å². The number of aryl methyl sites for hydroxylation is 1. The van der Waals surface area contributed by atoms with Gasteiger partial charge in [0.05, 0.1) is 11.9 Å².